The van der Waals surface area contributed by atoms with Gasteiger partial charge in [0.05, 0.1) is 11.0 Å². The number of nitrogens with zero attached hydrogens (tertiary/aromatic N) is 2. The highest BCUT2D eigenvalue weighted by Gasteiger charge is 2.26. The molecule has 0 aliphatic heterocycles. The molecule has 0 saturated heterocycles. The number of nitro benzene ring substituents is 1. The summed E-state index contributed by atoms with van der Waals surface area (Å²) in [5.74, 6) is -2.35. The van der Waals surface area contributed by atoms with Gasteiger partial charge in [-0.25, -0.2) is 4.39 Å². The molecule has 6 nitrogen and oxygen atoms in total. The lowest BCUT2D eigenvalue weighted by Crippen LogP contribution is -2.25. The van der Waals surface area contributed by atoms with Crippen LogP contribution in [0, 0.1) is 21.4 Å². The van der Waals surface area contributed by atoms with E-state index in [4.69, 9.17) is 5.26 Å². The number of Topliss-reactive ketones (excluding diaryl/α,β-unsaturated/α-hetero) is 2. The van der Waals surface area contributed by atoms with E-state index < -0.39 is 22.7 Å². The molecule has 0 radical (unpaired) electrons. The summed E-state index contributed by atoms with van der Waals surface area (Å²) in [6.45, 7) is 0. The van der Waals surface area contributed by atoms with E-state index in [0.29, 0.717) is 0 Å². The van der Waals surface area contributed by atoms with Gasteiger partial charge in [0.2, 0.25) is 11.6 Å². The van der Waals surface area contributed by atoms with Gasteiger partial charge in [-0.15, -0.1) is 0 Å². The maximum Gasteiger partial charge on any atom is 0.270 e. The van der Waals surface area contributed by atoms with Crippen LogP contribution in [0.5, 0.6) is 0 Å². The molecule has 0 bridgehead atoms. The summed E-state index contributed by atoms with van der Waals surface area (Å²) in [6.07, 6.45) is -1.94. The Labute approximate surface area is 114 Å². The topological polar surface area (TPSA) is 101 Å². The highest BCUT2D eigenvalue weighted by Crippen LogP contribution is 2.16. The van der Waals surface area contributed by atoms with Gasteiger partial charge in [-0.05, 0) is 12.8 Å². The summed E-state index contributed by atoms with van der Waals surface area (Å²) in [7, 11) is 0. The van der Waals surface area contributed by atoms with Crippen LogP contribution >= 0.6 is 0 Å². The van der Waals surface area contributed by atoms with Crippen molar-refractivity contribution in [2.75, 3.05) is 0 Å². The first-order chi connectivity index (χ1) is 9.47. The highest BCUT2D eigenvalue weighted by atomic mass is 19.1. The second kappa shape index (κ2) is 7.09. The van der Waals surface area contributed by atoms with Crippen molar-refractivity contribution in [3.8, 4) is 6.07 Å². The minimum Gasteiger partial charge on any atom is -0.287 e. The SMILES string of the molecule is N#CCCCC(F)C(=O)C(=O)c1cccc([N+](=O)[O-])c1. The number of ketones is 2. The number of hydrogen-bond acceptors (Lipinski definition) is 5. The van der Waals surface area contributed by atoms with Crippen LogP contribution in [0.25, 0.3) is 0 Å². The number of non-ortho nitro benzene ring substituents is 1. The van der Waals surface area contributed by atoms with Gasteiger partial charge in [-0.2, -0.15) is 5.26 Å². The van der Waals surface area contributed by atoms with Gasteiger partial charge in [0.1, 0.15) is 0 Å². The lowest BCUT2D eigenvalue weighted by Gasteiger charge is -2.05. The molecule has 1 atom stereocenters. The van der Waals surface area contributed by atoms with Crippen LogP contribution < -0.4 is 0 Å². The van der Waals surface area contributed by atoms with Gasteiger partial charge >= 0.3 is 0 Å². The third kappa shape index (κ3) is 3.95. The third-order valence-corrected chi connectivity index (χ3v) is 2.57. The molecule has 104 valence electrons. The lowest BCUT2D eigenvalue weighted by atomic mass is 10.0. The molecule has 1 aromatic carbocycles. The van der Waals surface area contributed by atoms with Gasteiger partial charge in [-0.3, -0.25) is 19.7 Å². The number of carbonyl (C=O) groups excluding carboxylic acids is 2. The number of benzene rings is 1. The number of hydrogen-bond donors (Lipinski definition) is 0. The zero-order valence-electron chi connectivity index (χ0n) is 10.4. The number of nitro groups is 1. The van der Waals surface area contributed by atoms with Gasteiger partial charge in [0, 0.05) is 24.1 Å². The quantitative estimate of drug-likeness (QED) is 0.250. The number of nitriles is 1. The van der Waals surface area contributed by atoms with E-state index in [1.807, 2.05) is 0 Å². The molecule has 0 aliphatic carbocycles. The first-order valence-corrected chi connectivity index (χ1v) is 5.81. The van der Waals surface area contributed by atoms with Crippen molar-refractivity contribution in [3.63, 3.8) is 0 Å². The van der Waals surface area contributed by atoms with Crippen LogP contribution in [0.15, 0.2) is 24.3 Å². The van der Waals surface area contributed by atoms with E-state index in [1.54, 1.807) is 6.07 Å². The molecule has 0 aliphatic rings. The van der Waals surface area contributed by atoms with E-state index in [0.717, 1.165) is 6.07 Å². The van der Waals surface area contributed by atoms with E-state index in [-0.39, 0.29) is 30.5 Å². The number of unbranched alkanes of at least 4 members (excludes halogenated alkanes) is 1. The Bertz CT molecular complexity index is 580. The predicted molar refractivity (Wildman–Crippen MR) is 66.8 cm³/mol. The van der Waals surface area contributed by atoms with E-state index >= 15 is 0 Å². The molecule has 20 heavy (non-hydrogen) atoms. The Balaban J connectivity index is 2.79. The van der Waals surface area contributed by atoms with Gasteiger partial charge in [0.15, 0.2) is 6.17 Å². The maximum absolute atomic E-state index is 13.5. The Morgan fingerprint density at radius 1 is 1.45 bits per heavy atom. The van der Waals surface area contributed by atoms with E-state index in [9.17, 15) is 24.1 Å². The van der Waals surface area contributed by atoms with Crippen molar-refractivity contribution >= 4 is 17.3 Å². The summed E-state index contributed by atoms with van der Waals surface area (Å²) in [4.78, 5) is 33.1. The van der Waals surface area contributed by atoms with Crippen molar-refractivity contribution in [1.29, 1.82) is 5.26 Å². The number of rotatable bonds is 7. The van der Waals surface area contributed by atoms with Crippen LogP contribution in [-0.4, -0.2) is 22.7 Å². The monoisotopic (exact) mass is 278 g/mol. The maximum atomic E-state index is 13.5. The Morgan fingerprint density at radius 3 is 2.75 bits per heavy atom. The summed E-state index contributed by atoms with van der Waals surface area (Å²) in [5, 5.41) is 18.9. The highest BCUT2D eigenvalue weighted by molar-refractivity contribution is 6.45. The fourth-order valence-electron chi connectivity index (χ4n) is 1.54. The van der Waals surface area contributed by atoms with E-state index in [1.165, 1.54) is 18.2 Å². The molecule has 7 heteroatoms. The lowest BCUT2D eigenvalue weighted by molar-refractivity contribution is -0.384. The second-order valence-electron chi connectivity index (χ2n) is 4.02. The predicted octanol–water partition coefficient (Wildman–Crippen LogP) is 2.38. The van der Waals surface area contributed by atoms with Crippen LogP contribution in [0.1, 0.15) is 29.6 Å². The van der Waals surface area contributed by atoms with Crippen molar-refractivity contribution < 1.29 is 18.9 Å². The summed E-state index contributed by atoms with van der Waals surface area (Å²) < 4.78 is 13.5. The number of carbonyl (C=O) groups is 2. The number of halogens is 1. The van der Waals surface area contributed by atoms with Crippen molar-refractivity contribution in [2.24, 2.45) is 0 Å². The molecule has 1 rings (SSSR count). The zero-order valence-corrected chi connectivity index (χ0v) is 10.4. The van der Waals surface area contributed by atoms with Gasteiger partial charge in [-0.1, -0.05) is 12.1 Å². The molecular weight excluding hydrogens is 267 g/mol. The molecule has 0 fully saturated rings. The van der Waals surface area contributed by atoms with E-state index in [2.05, 4.69) is 0 Å². The van der Waals surface area contributed by atoms with Crippen LogP contribution in [0.4, 0.5) is 10.1 Å². The molecule has 0 aromatic heterocycles. The molecule has 0 spiro atoms. The van der Waals surface area contributed by atoms with Gasteiger partial charge in [0.25, 0.3) is 5.69 Å². The largest absolute Gasteiger partial charge is 0.287 e. The minimum absolute atomic E-state index is 0.0959. The first-order valence-electron chi connectivity index (χ1n) is 5.81. The Morgan fingerprint density at radius 2 is 2.15 bits per heavy atom. The van der Waals surface area contributed by atoms with Crippen molar-refractivity contribution in [1.82, 2.24) is 0 Å². The van der Waals surface area contributed by atoms with Gasteiger partial charge < -0.3 is 0 Å². The first kappa shape index (κ1) is 15.4. The molecule has 0 saturated carbocycles. The van der Waals surface area contributed by atoms with Crippen molar-refractivity contribution in [2.45, 2.75) is 25.4 Å². The second-order valence-corrected chi connectivity index (χ2v) is 4.02. The summed E-state index contributed by atoms with van der Waals surface area (Å²) in [6, 6.07) is 6.37. The molecule has 1 aromatic rings. The average Bonchev–Trinajstić information content (AvgIpc) is 2.45. The Hall–Kier alpha value is -2.62. The molecule has 0 heterocycles. The summed E-state index contributed by atoms with van der Waals surface area (Å²) >= 11 is 0. The molecule has 0 N–H and O–H groups in total. The fraction of sp³-hybridized carbons (Fsp3) is 0.308. The Kier molecular flexibility index (Phi) is 5.47. The summed E-state index contributed by atoms with van der Waals surface area (Å²) in [5.41, 5.74) is -0.560. The molecular formula is C13H11FN2O4. The third-order valence-electron chi connectivity index (χ3n) is 2.57. The standard InChI is InChI=1S/C13H11FN2O4/c14-11(6-1-2-7-15)13(18)12(17)9-4-3-5-10(8-9)16(19)20/h3-5,8,11H,1-2,6H2. The number of alkyl halides is 1. The fourth-order valence-corrected chi connectivity index (χ4v) is 1.54. The molecule has 0 amide bonds. The smallest absolute Gasteiger partial charge is 0.270 e. The van der Waals surface area contributed by atoms with Crippen LogP contribution in [0.3, 0.4) is 0 Å². The zero-order chi connectivity index (χ0) is 15.1. The molecule has 1 unspecified atom stereocenters. The minimum atomic E-state index is -1.99. The van der Waals surface area contributed by atoms with Crippen LogP contribution in [0.2, 0.25) is 0 Å². The average molecular weight is 278 g/mol. The normalized spacial score (nSPS) is 11.4. The van der Waals surface area contributed by atoms with Crippen molar-refractivity contribution in [3.05, 3.63) is 39.9 Å². The van der Waals surface area contributed by atoms with Crippen LogP contribution in [-0.2, 0) is 4.79 Å².